The zero-order valence-corrected chi connectivity index (χ0v) is 19.0. The Morgan fingerprint density at radius 1 is 0.844 bits per heavy atom. The number of nitrogens with zero attached hydrogens (tertiary/aromatic N) is 3. The van der Waals surface area contributed by atoms with Gasteiger partial charge in [-0.05, 0) is 43.7 Å². The van der Waals surface area contributed by atoms with Crippen molar-refractivity contribution in [1.29, 1.82) is 0 Å². The van der Waals surface area contributed by atoms with Crippen LogP contribution in [-0.4, -0.2) is 68.1 Å². The molecule has 32 heavy (non-hydrogen) atoms. The van der Waals surface area contributed by atoms with Crippen LogP contribution in [0.2, 0.25) is 0 Å². The van der Waals surface area contributed by atoms with Crippen LogP contribution in [0.15, 0.2) is 54.2 Å². The highest BCUT2D eigenvalue weighted by atomic mass is 16.5. The Morgan fingerprint density at radius 3 is 2.09 bits per heavy atom. The molecule has 4 rings (SSSR count). The monoisotopic (exact) mass is 435 g/mol. The molecule has 0 bridgehead atoms. The summed E-state index contributed by atoms with van der Waals surface area (Å²) in [6.45, 7) is 6.66. The summed E-state index contributed by atoms with van der Waals surface area (Å²) < 4.78 is 11.2. The van der Waals surface area contributed by atoms with Crippen molar-refractivity contribution in [1.82, 2.24) is 9.80 Å². The van der Waals surface area contributed by atoms with Crippen LogP contribution in [0.5, 0.6) is 11.5 Å². The summed E-state index contributed by atoms with van der Waals surface area (Å²) in [5.41, 5.74) is 2.70. The first-order chi connectivity index (χ1) is 15.4. The Kier molecular flexibility index (Phi) is 6.08. The third kappa shape index (κ3) is 4.02. The van der Waals surface area contributed by atoms with Gasteiger partial charge in [0.25, 0.3) is 11.8 Å². The number of ether oxygens (including phenoxy) is 2. The maximum Gasteiger partial charge on any atom is 0.277 e. The second kappa shape index (κ2) is 8.94. The van der Waals surface area contributed by atoms with Gasteiger partial charge in [-0.3, -0.25) is 14.5 Å². The van der Waals surface area contributed by atoms with E-state index in [4.69, 9.17) is 9.47 Å². The topological polar surface area (TPSA) is 62.3 Å². The van der Waals surface area contributed by atoms with E-state index >= 15 is 0 Å². The smallest absolute Gasteiger partial charge is 0.277 e. The van der Waals surface area contributed by atoms with Gasteiger partial charge in [0.2, 0.25) is 0 Å². The van der Waals surface area contributed by atoms with E-state index in [2.05, 4.69) is 4.90 Å². The number of likely N-dealkylation sites (N-methyl/N-ethyl adjacent to an activating group) is 1. The van der Waals surface area contributed by atoms with Crippen molar-refractivity contribution in [3.8, 4) is 11.5 Å². The summed E-state index contributed by atoms with van der Waals surface area (Å²) in [6, 6.07) is 15.3. The zero-order valence-electron chi connectivity index (χ0n) is 19.0. The Bertz CT molecular complexity index is 1040. The predicted molar refractivity (Wildman–Crippen MR) is 124 cm³/mol. The number of methoxy groups -OCH3 is 1. The van der Waals surface area contributed by atoms with Gasteiger partial charge in [0, 0.05) is 33.2 Å². The summed E-state index contributed by atoms with van der Waals surface area (Å²) in [4.78, 5) is 31.5. The molecule has 0 atom stereocenters. The Labute approximate surface area is 188 Å². The molecule has 2 aliphatic heterocycles. The van der Waals surface area contributed by atoms with E-state index in [1.165, 1.54) is 4.90 Å². The van der Waals surface area contributed by atoms with Crippen LogP contribution in [0.1, 0.15) is 19.4 Å². The van der Waals surface area contributed by atoms with Gasteiger partial charge < -0.3 is 19.3 Å². The second-order valence-electron chi connectivity index (χ2n) is 8.23. The molecule has 2 heterocycles. The van der Waals surface area contributed by atoms with Crippen molar-refractivity contribution in [3.05, 3.63) is 59.8 Å². The zero-order chi connectivity index (χ0) is 22.8. The molecule has 2 aromatic rings. The number of carbonyl (C=O) groups excluding carboxylic acids is 2. The van der Waals surface area contributed by atoms with Gasteiger partial charge in [-0.25, -0.2) is 0 Å². The Balaban J connectivity index is 1.59. The van der Waals surface area contributed by atoms with Crippen LogP contribution >= 0.6 is 0 Å². The first kappa shape index (κ1) is 21.7. The van der Waals surface area contributed by atoms with E-state index in [1.54, 1.807) is 14.2 Å². The molecule has 168 valence electrons. The van der Waals surface area contributed by atoms with Gasteiger partial charge in [0.05, 0.1) is 24.5 Å². The number of hydrogen-bond acceptors (Lipinski definition) is 6. The number of hydrogen-bond donors (Lipinski definition) is 0. The molecule has 1 fully saturated rings. The molecule has 7 heteroatoms. The lowest BCUT2D eigenvalue weighted by molar-refractivity contribution is -0.135. The first-order valence-electron chi connectivity index (χ1n) is 10.9. The quantitative estimate of drug-likeness (QED) is 0.650. The third-order valence-electron chi connectivity index (χ3n) is 5.80. The fourth-order valence-electron chi connectivity index (χ4n) is 4.21. The average molecular weight is 436 g/mol. The lowest BCUT2D eigenvalue weighted by atomic mass is 10.0. The van der Waals surface area contributed by atoms with Gasteiger partial charge >= 0.3 is 0 Å². The summed E-state index contributed by atoms with van der Waals surface area (Å²) >= 11 is 0. The number of carbonyl (C=O) groups is 2. The second-order valence-corrected chi connectivity index (χ2v) is 8.23. The highest BCUT2D eigenvalue weighted by Crippen LogP contribution is 2.34. The lowest BCUT2D eigenvalue weighted by Gasteiger charge is -2.38. The summed E-state index contributed by atoms with van der Waals surface area (Å²) in [5.74, 6) is 1.05. The number of rotatable bonds is 6. The molecule has 0 N–H and O–H groups in total. The van der Waals surface area contributed by atoms with Gasteiger partial charge in [0.1, 0.15) is 17.2 Å². The summed E-state index contributed by atoms with van der Waals surface area (Å²) in [7, 11) is 3.21. The van der Waals surface area contributed by atoms with Crippen molar-refractivity contribution < 1.29 is 19.1 Å². The van der Waals surface area contributed by atoms with E-state index in [-0.39, 0.29) is 17.9 Å². The fraction of sp³-hybridized carbons (Fsp3) is 0.360. The van der Waals surface area contributed by atoms with Gasteiger partial charge in [-0.2, -0.15) is 0 Å². The van der Waals surface area contributed by atoms with E-state index in [9.17, 15) is 9.59 Å². The molecule has 2 amide bonds. The molecule has 7 nitrogen and oxygen atoms in total. The highest BCUT2D eigenvalue weighted by Gasteiger charge is 2.40. The van der Waals surface area contributed by atoms with Crippen molar-refractivity contribution in [2.45, 2.75) is 20.0 Å². The SMILES string of the molecule is COc1ccccc1N1CCN(C2=C(c3ccc(OC(C)C)cc3)C(=O)N(C)C2=O)CC1. The van der Waals surface area contributed by atoms with Crippen LogP contribution in [0, 0.1) is 0 Å². The molecule has 0 spiro atoms. The van der Waals surface area contributed by atoms with Gasteiger partial charge in [0.15, 0.2) is 0 Å². The molecular weight excluding hydrogens is 406 g/mol. The molecule has 0 unspecified atom stereocenters. The van der Waals surface area contributed by atoms with Crippen molar-refractivity contribution in [2.75, 3.05) is 45.2 Å². The largest absolute Gasteiger partial charge is 0.495 e. The number of piperazine rings is 1. The maximum absolute atomic E-state index is 13.0. The van der Waals surface area contributed by atoms with Crippen LogP contribution in [0.4, 0.5) is 5.69 Å². The van der Waals surface area contributed by atoms with E-state index < -0.39 is 0 Å². The third-order valence-corrected chi connectivity index (χ3v) is 5.80. The molecule has 0 radical (unpaired) electrons. The Hall–Kier alpha value is -3.48. The summed E-state index contributed by atoms with van der Waals surface area (Å²) in [5, 5.41) is 0. The number of para-hydroxylation sites is 2. The van der Waals surface area contributed by atoms with Crippen LogP contribution in [0.3, 0.4) is 0 Å². The molecular formula is C25H29N3O4. The fourth-order valence-corrected chi connectivity index (χ4v) is 4.21. The minimum Gasteiger partial charge on any atom is -0.495 e. The van der Waals surface area contributed by atoms with Gasteiger partial charge in [-0.15, -0.1) is 0 Å². The summed E-state index contributed by atoms with van der Waals surface area (Å²) in [6.07, 6.45) is 0.0657. The maximum atomic E-state index is 13.0. The van der Waals surface area contributed by atoms with E-state index in [0.29, 0.717) is 24.4 Å². The minimum absolute atomic E-state index is 0.0657. The first-order valence-corrected chi connectivity index (χ1v) is 10.9. The highest BCUT2D eigenvalue weighted by molar-refractivity contribution is 6.35. The molecule has 2 aromatic carbocycles. The molecule has 2 aliphatic rings. The van der Waals surface area contributed by atoms with Crippen molar-refractivity contribution >= 4 is 23.1 Å². The van der Waals surface area contributed by atoms with Crippen molar-refractivity contribution in [2.24, 2.45) is 0 Å². The normalized spacial score (nSPS) is 17.0. The molecule has 1 saturated heterocycles. The van der Waals surface area contributed by atoms with Crippen LogP contribution < -0.4 is 14.4 Å². The molecule has 0 aromatic heterocycles. The van der Waals surface area contributed by atoms with Gasteiger partial charge in [-0.1, -0.05) is 24.3 Å². The predicted octanol–water partition coefficient (Wildman–Crippen LogP) is 3.01. The standard InChI is InChI=1S/C25H29N3O4/c1-17(2)32-19-11-9-18(10-12-19)22-23(25(30)26(3)24(22)29)28-15-13-27(14-16-28)20-7-5-6-8-21(20)31-4/h5-12,17H,13-16H2,1-4H3. The minimum atomic E-state index is -0.269. The number of amides is 2. The number of anilines is 1. The van der Waals surface area contributed by atoms with Crippen LogP contribution in [0.25, 0.3) is 5.57 Å². The number of imide groups is 1. The van der Waals surface area contributed by atoms with Crippen LogP contribution in [-0.2, 0) is 9.59 Å². The molecule has 0 saturated carbocycles. The van der Waals surface area contributed by atoms with E-state index in [0.717, 1.165) is 35.8 Å². The molecule has 0 aliphatic carbocycles. The number of benzene rings is 2. The average Bonchev–Trinajstić information content (AvgIpc) is 3.03. The Morgan fingerprint density at radius 2 is 1.47 bits per heavy atom. The van der Waals surface area contributed by atoms with E-state index in [1.807, 2.05) is 67.3 Å². The van der Waals surface area contributed by atoms with Crippen molar-refractivity contribution in [3.63, 3.8) is 0 Å². The lowest BCUT2D eigenvalue weighted by Crippen LogP contribution is -2.47.